The quantitative estimate of drug-likeness (QED) is 0.181. The van der Waals surface area contributed by atoms with Gasteiger partial charge in [-0.3, -0.25) is 4.98 Å². The average molecular weight is 672 g/mol. The predicted octanol–water partition coefficient (Wildman–Crippen LogP) is 7.01. The second kappa shape index (κ2) is 13.3. The van der Waals surface area contributed by atoms with Gasteiger partial charge in [-0.1, -0.05) is 37.8 Å². The summed E-state index contributed by atoms with van der Waals surface area (Å²) in [6, 6.07) is 11.0. The molecule has 3 aliphatic rings. The minimum atomic E-state index is -3.91. The molecule has 2 atom stereocenters. The highest BCUT2D eigenvalue weighted by atomic mass is 32.2. The number of ether oxygens (including phenoxy) is 2. The van der Waals surface area contributed by atoms with Crippen LogP contribution < -0.4 is 14.8 Å². The number of nitrogens with one attached hydrogen (secondary N) is 1. The van der Waals surface area contributed by atoms with Crippen LogP contribution in [0, 0.1) is 11.8 Å². The Morgan fingerprint density at radius 2 is 1.73 bits per heavy atom. The van der Waals surface area contributed by atoms with E-state index in [0.29, 0.717) is 52.7 Å². The van der Waals surface area contributed by atoms with Crippen LogP contribution >= 0.6 is 0 Å². The highest BCUT2D eigenvalue weighted by Gasteiger charge is 2.35. The Bertz CT molecular complexity index is 1960. The topological polar surface area (TPSA) is 144 Å². The zero-order valence-corrected chi connectivity index (χ0v) is 28.1. The predicted molar refractivity (Wildman–Crippen MR) is 183 cm³/mol. The zero-order chi connectivity index (χ0) is 33.4. The molecule has 7 rings (SSSR count). The van der Waals surface area contributed by atoms with E-state index >= 15 is 0 Å². The number of benzene rings is 2. The lowest BCUT2D eigenvalue weighted by Crippen LogP contribution is -2.36. The van der Waals surface area contributed by atoms with E-state index in [-0.39, 0.29) is 22.4 Å². The van der Waals surface area contributed by atoms with Crippen molar-refractivity contribution in [2.24, 2.45) is 11.8 Å². The molecule has 0 amide bonds. The molecule has 0 bridgehead atoms. The van der Waals surface area contributed by atoms with Gasteiger partial charge in [0.05, 0.1) is 36.6 Å². The molecule has 2 aliphatic carbocycles. The van der Waals surface area contributed by atoms with Crippen LogP contribution in [0.3, 0.4) is 0 Å². The number of piperidine rings is 1. The molecule has 2 aromatic heterocycles. The van der Waals surface area contributed by atoms with Crippen LogP contribution in [0.1, 0.15) is 79.6 Å². The van der Waals surface area contributed by atoms with E-state index in [1.807, 2.05) is 24.3 Å². The van der Waals surface area contributed by atoms with Gasteiger partial charge in [0.15, 0.2) is 0 Å². The summed E-state index contributed by atoms with van der Waals surface area (Å²) in [5.74, 6) is 1.05. The Balaban J connectivity index is 1.32. The molecule has 2 N–H and O–H groups in total. The smallest absolute Gasteiger partial charge is 0.335 e. The molecule has 1 aliphatic heterocycles. The Labute approximate surface area is 280 Å². The Morgan fingerprint density at radius 1 is 0.917 bits per heavy atom. The third-order valence-corrected chi connectivity index (χ3v) is 12.3. The van der Waals surface area contributed by atoms with Crippen LogP contribution in [0.2, 0.25) is 0 Å². The fraction of sp³-hybridized carbons (Fsp3) is 0.444. The Hall–Kier alpha value is -4.29. The van der Waals surface area contributed by atoms with Crippen LogP contribution in [0.4, 0.5) is 11.4 Å². The standard InChI is InChI=1S/C36H41N5O6S/c1-46-34-30(20-38-36(40-34)47-2)25-11-12-29-31(19-25)37-21-32(48(44,45)41-13-4-3-5-14-41)33(29)39-28-17-26(16-27(18-28)35(42)43)24-10-9-23(15-24)22-7-6-8-22/h11-12,16-24H,3-10,13-15H2,1-2H3,(H,37,39)(H,42,43). The first-order valence-electron chi connectivity index (χ1n) is 16.8. The lowest BCUT2D eigenvalue weighted by molar-refractivity contribution is 0.0696. The molecule has 11 nitrogen and oxygen atoms in total. The maximum Gasteiger partial charge on any atom is 0.335 e. The normalized spacial score (nSPS) is 20.4. The number of hydrogen-bond donors (Lipinski definition) is 2. The van der Waals surface area contributed by atoms with Crippen molar-refractivity contribution >= 4 is 38.3 Å². The molecule has 2 aromatic carbocycles. The molecule has 3 fully saturated rings. The molecule has 12 heteroatoms. The molecule has 2 unspecified atom stereocenters. The van der Waals surface area contributed by atoms with Crippen LogP contribution in [-0.4, -0.2) is 66.1 Å². The second-order valence-electron chi connectivity index (χ2n) is 13.2. The highest BCUT2D eigenvalue weighted by Crippen LogP contribution is 2.48. The number of carboxylic acid groups (broad SMARTS) is 1. The molecule has 0 radical (unpaired) electrons. The first kappa shape index (κ1) is 32.3. The minimum Gasteiger partial charge on any atom is -0.480 e. The third kappa shape index (κ3) is 6.19. The SMILES string of the molecule is COc1ncc(-c2ccc3c(Nc4cc(C(=O)O)cc(C5CCC(C6CCC6)C5)c4)c(S(=O)(=O)N4CCCCC4)cnc3c2)c(OC)n1. The molecule has 252 valence electrons. The molecule has 3 heterocycles. The fourth-order valence-electron chi connectivity index (χ4n) is 7.60. The van der Waals surface area contributed by atoms with Crippen molar-refractivity contribution < 1.29 is 27.8 Å². The summed E-state index contributed by atoms with van der Waals surface area (Å²) >= 11 is 0. The lowest BCUT2D eigenvalue weighted by atomic mass is 9.74. The van der Waals surface area contributed by atoms with Crippen LogP contribution in [0.15, 0.2) is 53.7 Å². The largest absolute Gasteiger partial charge is 0.480 e. The maximum atomic E-state index is 14.2. The van der Waals surface area contributed by atoms with E-state index in [1.165, 1.54) is 44.0 Å². The van der Waals surface area contributed by atoms with E-state index in [1.54, 1.807) is 18.3 Å². The number of sulfonamides is 1. The number of carbonyl (C=O) groups is 1. The Morgan fingerprint density at radius 3 is 2.44 bits per heavy atom. The van der Waals surface area contributed by atoms with Crippen molar-refractivity contribution in [1.82, 2.24) is 19.3 Å². The van der Waals surface area contributed by atoms with Crippen LogP contribution in [-0.2, 0) is 10.0 Å². The number of fused-ring (bicyclic) bond motifs is 1. The number of nitrogens with zero attached hydrogens (tertiary/aromatic N) is 4. The van der Waals surface area contributed by atoms with Gasteiger partial charge in [0.25, 0.3) is 0 Å². The number of pyridine rings is 1. The van der Waals surface area contributed by atoms with Crippen LogP contribution in [0.5, 0.6) is 11.9 Å². The summed E-state index contributed by atoms with van der Waals surface area (Å²) in [4.78, 5) is 25.6. The van der Waals surface area contributed by atoms with Gasteiger partial charge < -0.3 is 19.9 Å². The summed E-state index contributed by atoms with van der Waals surface area (Å²) in [5, 5.41) is 14.1. The van der Waals surface area contributed by atoms with Crippen molar-refractivity contribution in [2.45, 2.75) is 68.6 Å². The van der Waals surface area contributed by atoms with Gasteiger partial charge in [0.1, 0.15) is 4.90 Å². The lowest BCUT2D eigenvalue weighted by Gasteiger charge is -2.31. The fourth-order valence-corrected chi connectivity index (χ4v) is 9.22. The van der Waals surface area contributed by atoms with Gasteiger partial charge in [-0.25, -0.2) is 18.2 Å². The number of anilines is 2. The van der Waals surface area contributed by atoms with E-state index in [9.17, 15) is 18.3 Å². The average Bonchev–Trinajstić information content (AvgIpc) is 3.56. The number of aromatic nitrogens is 3. The van der Waals surface area contributed by atoms with Gasteiger partial charge >= 0.3 is 12.0 Å². The molecular weight excluding hydrogens is 630 g/mol. The van der Waals surface area contributed by atoms with Gasteiger partial charge in [0.2, 0.25) is 15.9 Å². The molecule has 0 spiro atoms. The summed E-state index contributed by atoms with van der Waals surface area (Å²) in [5.41, 5.74) is 3.94. The summed E-state index contributed by atoms with van der Waals surface area (Å²) in [7, 11) is -0.916. The summed E-state index contributed by atoms with van der Waals surface area (Å²) in [6.45, 7) is 0.886. The summed E-state index contributed by atoms with van der Waals surface area (Å²) < 4.78 is 40.5. The maximum absolute atomic E-state index is 14.2. The molecule has 4 aromatic rings. The molecular formula is C36H41N5O6S. The van der Waals surface area contributed by atoms with Gasteiger partial charge in [-0.2, -0.15) is 9.29 Å². The molecule has 1 saturated heterocycles. The highest BCUT2D eigenvalue weighted by molar-refractivity contribution is 7.89. The van der Waals surface area contributed by atoms with E-state index in [2.05, 4.69) is 20.3 Å². The van der Waals surface area contributed by atoms with Crippen molar-refractivity contribution in [3.05, 3.63) is 59.9 Å². The summed E-state index contributed by atoms with van der Waals surface area (Å²) in [6.07, 6.45) is 12.7. The van der Waals surface area contributed by atoms with Crippen molar-refractivity contribution in [3.63, 3.8) is 0 Å². The van der Waals surface area contributed by atoms with Gasteiger partial charge in [-0.05, 0) is 85.3 Å². The first-order chi connectivity index (χ1) is 23.2. The zero-order valence-electron chi connectivity index (χ0n) is 27.3. The van der Waals surface area contributed by atoms with E-state index in [0.717, 1.165) is 55.6 Å². The first-order valence-corrected chi connectivity index (χ1v) is 18.2. The second-order valence-corrected chi connectivity index (χ2v) is 15.1. The number of hydrogen-bond acceptors (Lipinski definition) is 9. The van der Waals surface area contributed by atoms with Gasteiger partial charge in [0, 0.05) is 36.6 Å². The van der Waals surface area contributed by atoms with Gasteiger partial charge in [-0.15, -0.1) is 0 Å². The monoisotopic (exact) mass is 671 g/mol. The molecule has 48 heavy (non-hydrogen) atoms. The van der Waals surface area contributed by atoms with E-state index < -0.39 is 16.0 Å². The molecule has 2 saturated carbocycles. The number of carboxylic acids is 1. The number of aromatic carboxylic acids is 1. The van der Waals surface area contributed by atoms with Crippen LogP contribution in [0.25, 0.3) is 22.0 Å². The van der Waals surface area contributed by atoms with Crippen molar-refractivity contribution in [1.29, 1.82) is 0 Å². The van der Waals surface area contributed by atoms with Crippen molar-refractivity contribution in [3.8, 4) is 23.0 Å². The van der Waals surface area contributed by atoms with E-state index in [4.69, 9.17) is 9.47 Å². The number of methoxy groups -OCH3 is 2. The number of rotatable bonds is 10. The minimum absolute atomic E-state index is 0.0585. The Kier molecular flexibility index (Phi) is 8.95. The van der Waals surface area contributed by atoms with Crippen molar-refractivity contribution in [2.75, 3.05) is 32.6 Å². The third-order valence-electron chi connectivity index (χ3n) is 10.4.